The van der Waals surface area contributed by atoms with Gasteiger partial charge in [0.1, 0.15) is 13.2 Å². The van der Waals surface area contributed by atoms with Crippen molar-refractivity contribution in [3.8, 4) is 22.9 Å². The summed E-state index contributed by atoms with van der Waals surface area (Å²) in [5.41, 5.74) is 3.20. The second-order valence-electron chi connectivity index (χ2n) is 7.00. The van der Waals surface area contributed by atoms with Crippen molar-refractivity contribution in [2.24, 2.45) is 0 Å². The van der Waals surface area contributed by atoms with Crippen LogP contribution in [-0.2, 0) is 12.3 Å². The summed E-state index contributed by atoms with van der Waals surface area (Å²) in [4.78, 5) is 4.11. The molecular formula is C23H19ClN4O2S. The molecule has 5 rings (SSSR count). The molecule has 0 N–H and O–H groups in total. The monoisotopic (exact) mass is 450 g/mol. The molecular weight excluding hydrogens is 432 g/mol. The first-order chi connectivity index (χ1) is 15.3. The number of aromatic nitrogens is 4. The van der Waals surface area contributed by atoms with E-state index in [9.17, 15) is 0 Å². The number of ether oxygens (including phenoxy) is 2. The van der Waals surface area contributed by atoms with Gasteiger partial charge in [0.05, 0.1) is 11.6 Å². The van der Waals surface area contributed by atoms with Gasteiger partial charge in [-0.1, -0.05) is 53.7 Å². The predicted octanol–water partition coefficient (Wildman–Crippen LogP) is 5.11. The molecule has 0 atom stereocenters. The average Bonchev–Trinajstić information content (AvgIpc) is 3.21. The molecule has 6 nitrogen and oxygen atoms in total. The Labute approximate surface area is 189 Å². The van der Waals surface area contributed by atoms with Gasteiger partial charge >= 0.3 is 0 Å². The topological polar surface area (TPSA) is 62.1 Å². The van der Waals surface area contributed by atoms with E-state index in [1.54, 1.807) is 24.2 Å². The van der Waals surface area contributed by atoms with Gasteiger partial charge < -0.3 is 9.47 Å². The van der Waals surface area contributed by atoms with Gasteiger partial charge in [0, 0.05) is 23.7 Å². The molecule has 2 aromatic carbocycles. The number of pyridine rings is 1. The van der Waals surface area contributed by atoms with Crippen molar-refractivity contribution < 1.29 is 9.47 Å². The number of rotatable bonds is 6. The average molecular weight is 451 g/mol. The van der Waals surface area contributed by atoms with Crippen LogP contribution in [0.5, 0.6) is 11.5 Å². The van der Waals surface area contributed by atoms with Crippen molar-refractivity contribution in [1.82, 2.24) is 19.7 Å². The van der Waals surface area contributed by atoms with Crippen LogP contribution in [0.15, 0.2) is 72.1 Å². The molecule has 0 amide bonds. The van der Waals surface area contributed by atoms with Crippen LogP contribution in [0.3, 0.4) is 0 Å². The quantitative estimate of drug-likeness (QED) is 0.380. The van der Waals surface area contributed by atoms with Gasteiger partial charge in [-0.25, -0.2) is 0 Å². The molecule has 31 heavy (non-hydrogen) atoms. The third-order valence-corrected chi connectivity index (χ3v) is 6.18. The molecule has 0 saturated carbocycles. The number of thioether (sulfide) groups is 1. The SMILES string of the molecule is Clc1cc(CSc2nnc(-c3ccncc3)n2Cc2ccccc2)cc2c1OCCO2. The van der Waals surface area contributed by atoms with E-state index >= 15 is 0 Å². The summed E-state index contributed by atoms with van der Waals surface area (Å²) in [5.74, 6) is 2.81. The standard InChI is InChI=1S/C23H19ClN4O2S/c24-19-12-17(13-20-21(19)30-11-10-29-20)15-31-23-27-26-22(18-6-8-25-9-7-18)28(23)14-16-4-2-1-3-5-16/h1-9,12-13H,10-11,14-15H2. The lowest BCUT2D eigenvalue weighted by Gasteiger charge is -2.20. The molecule has 0 saturated heterocycles. The number of nitrogens with zero attached hydrogens (tertiary/aromatic N) is 4. The summed E-state index contributed by atoms with van der Waals surface area (Å²) >= 11 is 8.01. The lowest BCUT2D eigenvalue weighted by molar-refractivity contribution is 0.171. The zero-order valence-electron chi connectivity index (χ0n) is 16.6. The molecule has 0 aliphatic carbocycles. The number of halogens is 1. The van der Waals surface area contributed by atoms with Crippen molar-refractivity contribution in [1.29, 1.82) is 0 Å². The highest BCUT2D eigenvalue weighted by Gasteiger charge is 2.18. The number of hydrogen-bond acceptors (Lipinski definition) is 6. The Hall–Kier alpha value is -3.03. The maximum Gasteiger partial charge on any atom is 0.192 e. The van der Waals surface area contributed by atoms with E-state index in [1.807, 2.05) is 42.5 Å². The Morgan fingerprint density at radius 1 is 0.935 bits per heavy atom. The molecule has 1 aliphatic heterocycles. The lowest BCUT2D eigenvalue weighted by Crippen LogP contribution is -2.15. The highest BCUT2D eigenvalue weighted by molar-refractivity contribution is 7.98. The summed E-state index contributed by atoms with van der Waals surface area (Å²) in [6.07, 6.45) is 3.53. The van der Waals surface area contributed by atoms with E-state index < -0.39 is 0 Å². The zero-order chi connectivity index (χ0) is 21.0. The summed E-state index contributed by atoms with van der Waals surface area (Å²) < 4.78 is 13.5. The fraction of sp³-hybridized carbons (Fsp3) is 0.174. The van der Waals surface area contributed by atoms with Crippen LogP contribution in [-0.4, -0.2) is 33.0 Å². The maximum absolute atomic E-state index is 6.40. The van der Waals surface area contributed by atoms with Crippen LogP contribution >= 0.6 is 23.4 Å². The van der Waals surface area contributed by atoms with Crippen LogP contribution in [0.4, 0.5) is 0 Å². The number of benzene rings is 2. The molecule has 0 spiro atoms. The maximum atomic E-state index is 6.40. The minimum Gasteiger partial charge on any atom is -0.486 e. The predicted molar refractivity (Wildman–Crippen MR) is 121 cm³/mol. The third kappa shape index (κ3) is 4.38. The van der Waals surface area contributed by atoms with Gasteiger partial charge in [-0.15, -0.1) is 10.2 Å². The van der Waals surface area contributed by atoms with Gasteiger partial charge in [0.15, 0.2) is 22.5 Å². The number of hydrogen-bond donors (Lipinski definition) is 0. The molecule has 156 valence electrons. The summed E-state index contributed by atoms with van der Waals surface area (Å²) in [6.45, 7) is 1.72. The van der Waals surface area contributed by atoms with Gasteiger partial charge in [-0.2, -0.15) is 0 Å². The van der Waals surface area contributed by atoms with E-state index in [-0.39, 0.29) is 0 Å². The molecule has 2 aromatic heterocycles. The third-order valence-electron chi connectivity index (χ3n) is 4.86. The minimum absolute atomic E-state index is 0.515. The second-order valence-corrected chi connectivity index (χ2v) is 8.35. The molecule has 0 fully saturated rings. The normalized spacial score (nSPS) is 12.7. The van der Waals surface area contributed by atoms with Crippen LogP contribution in [0.25, 0.3) is 11.4 Å². The summed E-state index contributed by atoms with van der Waals surface area (Å²) in [6, 6.07) is 18.1. The fourth-order valence-electron chi connectivity index (χ4n) is 3.41. The van der Waals surface area contributed by atoms with Crippen LogP contribution in [0.1, 0.15) is 11.1 Å². The van der Waals surface area contributed by atoms with E-state index in [1.165, 1.54) is 5.56 Å². The van der Waals surface area contributed by atoms with Gasteiger partial charge in [0.2, 0.25) is 0 Å². The summed E-state index contributed by atoms with van der Waals surface area (Å²) in [5, 5.41) is 10.4. The van der Waals surface area contributed by atoms with Crippen LogP contribution < -0.4 is 9.47 Å². The molecule has 0 radical (unpaired) electrons. The minimum atomic E-state index is 0.515. The van der Waals surface area contributed by atoms with Crippen molar-refractivity contribution in [2.45, 2.75) is 17.5 Å². The first-order valence-electron chi connectivity index (χ1n) is 9.86. The largest absolute Gasteiger partial charge is 0.486 e. The van der Waals surface area contributed by atoms with Crippen molar-refractivity contribution in [3.05, 3.63) is 83.1 Å². The lowest BCUT2D eigenvalue weighted by atomic mass is 10.2. The Bertz CT molecular complexity index is 1190. The Morgan fingerprint density at radius 2 is 1.74 bits per heavy atom. The molecule has 1 aliphatic rings. The van der Waals surface area contributed by atoms with E-state index in [0.717, 1.165) is 22.1 Å². The smallest absolute Gasteiger partial charge is 0.192 e. The van der Waals surface area contributed by atoms with Crippen molar-refractivity contribution in [2.75, 3.05) is 13.2 Å². The van der Waals surface area contributed by atoms with Crippen LogP contribution in [0, 0.1) is 0 Å². The van der Waals surface area contributed by atoms with Gasteiger partial charge in [-0.3, -0.25) is 9.55 Å². The molecule has 0 bridgehead atoms. The highest BCUT2D eigenvalue weighted by Crippen LogP contribution is 2.39. The number of fused-ring (bicyclic) bond motifs is 1. The zero-order valence-corrected chi connectivity index (χ0v) is 18.1. The Balaban J connectivity index is 1.44. The second kappa shape index (κ2) is 8.99. The molecule has 3 heterocycles. The molecule has 0 unspecified atom stereocenters. The molecule has 8 heteroatoms. The van der Waals surface area contributed by atoms with E-state index in [0.29, 0.717) is 42.0 Å². The highest BCUT2D eigenvalue weighted by atomic mass is 35.5. The van der Waals surface area contributed by atoms with E-state index in [2.05, 4.69) is 31.9 Å². The Morgan fingerprint density at radius 3 is 2.58 bits per heavy atom. The van der Waals surface area contributed by atoms with Crippen LogP contribution in [0.2, 0.25) is 5.02 Å². The molecule has 4 aromatic rings. The first-order valence-corrected chi connectivity index (χ1v) is 11.2. The van der Waals surface area contributed by atoms with Gasteiger partial charge in [-0.05, 0) is 35.4 Å². The fourth-order valence-corrected chi connectivity index (χ4v) is 4.57. The van der Waals surface area contributed by atoms with Gasteiger partial charge in [0.25, 0.3) is 0 Å². The first kappa shape index (κ1) is 19.9. The van der Waals surface area contributed by atoms with Crippen molar-refractivity contribution >= 4 is 23.4 Å². The van der Waals surface area contributed by atoms with Crippen molar-refractivity contribution in [3.63, 3.8) is 0 Å². The Kier molecular flexibility index (Phi) is 5.78. The van der Waals surface area contributed by atoms with E-state index in [4.69, 9.17) is 21.1 Å². The summed E-state index contributed by atoms with van der Waals surface area (Å²) in [7, 11) is 0.